The van der Waals surface area contributed by atoms with Crippen LogP contribution in [0.1, 0.15) is 31.4 Å². The van der Waals surface area contributed by atoms with E-state index < -0.39 is 0 Å². The second-order valence-corrected chi connectivity index (χ2v) is 5.51. The van der Waals surface area contributed by atoms with Crippen molar-refractivity contribution in [3.8, 4) is 0 Å². The Hall–Kier alpha value is -2.33. The molecular weight excluding hydrogens is 338 g/mol. The highest BCUT2D eigenvalue weighted by Crippen LogP contribution is 2.17. The third-order valence-corrected chi connectivity index (χ3v) is 3.22. The van der Waals surface area contributed by atoms with Crippen LogP contribution in [-0.2, 0) is 16.1 Å². The standard InChI is InChI=1S/C16H20ClNO.C3H6.CH2O2/c1-5-10-18(16(19)13(3)14(4)17)11-15-9-7-6-8-12(15)2;1-3-2;2-1-3/h6-9H,3-5,10-11H2,1-2H3;3H,1H2,2H3;1H,(H,2,3). The van der Waals surface area contributed by atoms with E-state index in [9.17, 15) is 4.79 Å². The van der Waals surface area contributed by atoms with E-state index in [1.165, 1.54) is 5.56 Å². The number of aryl methyl sites for hydroxylation is 1. The minimum absolute atomic E-state index is 0.148. The Kier molecular flexibility index (Phi) is 15.2. The molecule has 1 rings (SSSR count). The van der Waals surface area contributed by atoms with Gasteiger partial charge >= 0.3 is 0 Å². The number of benzene rings is 1. The van der Waals surface area contributed by atoms with Crippen LogP contribution in [0.25, 0.3) is 0 Å². The maximum Gasteiger partial charge on any atom is 0.290 e. The molecule has 1 aromatic rings. The van der Waals surface area contributed by atoms with Crippen LogP contribution >= 0.6 is 11.6 Å². The fourth-order valence-electron chi connectivity index (χ4n) is 1.82. The maximum absolute atomic E-state index is 12.3. The van der Waals surface area contributed by atoms with E-state index in [2.05, 4.69) is 19.7 Å². The number of hydrogen-bond acceptors (Lipinski definition) is 2. The molecule has 0 spiro atoms. The van der Waals surface area contributed by atoms with Crippen LogP contribution in [-0.4, -0.2) is 28.9 Å². The minimum atomic E-state index is -0.250. The second kappa shape index (κ2) is 15.2. The molecule has 0 atom stereocenters. The molecule has 0 unspecified atom stereocenters. The Morgan fingerprint density at radius 3 is 2.20 bits per heavy atom. The molecule has 1 amide bonds. The lowest BCUT2D eigenvalue weighted by Gasteiger charge is -2.23. The minimum Gasteiger partial charge on any atom is -0.483 e. The molecule has 0 heterocycles. The van der Waals surface area contributed by atoms with Gasteiger partial charge in [-0.1, -0.05) is 62.0 Å². The van der Waals surface area contributed by atoms with E-state index in [0.717, 1.165) is 12.0 Å². The van der Waals surface area contributed by atoms with Gasteiger partial charge in [0, 0.05) is 18.1 Å². The number of hydrogen-bond donors (Lipinski definition) is 1. The van der Waals surface area contributed by atoms with Gasteiger partial charge in [-0.15, -0.1) is 6.58 Å². The number of carboxylic acid groups (broad SMARTS) is 1. The van der Waals surface area contributed by atoms with Crippen molar-refractivity contribution in [1.29, 1.82) is 0 Å². The summed E-state index contributed by atoms with van der Waals surface area (Å²) in [7, 11) is 0. The molecule has 0 radical (unpaired) electrons. The Morgan fingerprint density at radius 1 is 1.32 bits per heavy atom. The van der Waals surface area contributed by atoms with Crippen molar-refractivity contribution in [2.45, 2.75) is 33.7 Å². The summed E-state index contributed by atoms with van der Waals surface area (Å²) in [6, 6.07) is 8.04. The number of rotatable bonds is 6. The predicted molar refractivity (Wildman–Crippen MR) is 106 cm³/mol. The maximum atomic E-state index is 12.3. The summed E-state index contributed by atoms with van der Waals surface area (Å²) in [5.74, 6) is -0.148. The first-order chi connectivity index (χ1) is 11.8. The lowest BCUT2D eigenvalue weighted by atomic mass is 10.1. The zero-order chi connectivity index (χ0) is 19.8. The van der Waals surface area contributed by atoms with Crippen LogP contribution in [0.4, 0.5) is 0 Å². The van der Waals surface area contributed by atoms with Crippen molar-refractivity contribution < 1.29 is 14.7 Å². The molecule has 0 bridgehead atoms. The summed E-state index contributed by atoms with van der Waals surface area (Å²) in [4.78, 5) is 22.4. The Balaban J connectivity index is 0. The van der Waals surface area contributed by atoms with Crippen molar-refractivity contribution in [2.75, 3.05) is 6.54 Å². The monoisotopic (exact) mass is 365 g/mol. The lowest BCUT2D eigenvalue weighted by molar-refractivity contribution is -0.127. The number of carbonyl (C=O) groups is 2. The number of carbonyl (C=O) groups excluding carboxylic acids is 1. The summed E-state index contributed by atoms with van der Waals surface area (Å²) >= 11 is 5.76. The largest absolute Gasteiger partial charge is 0.483 e. The van der Waals surface area contributed by atoms with Crippen molar-refractivity contribution in [3.63, 3.8) is 0 Å². The van der Waals surface area contributed by atoms with E-state index in [0.29, 0.717) is 13.1 Å². The molecule has 4 nitrogen and oxygen atoms in total. The molecule has 1 N–H and O–H groups in total. The Bertz CT molecular complexity index is 576. The second-order valence-electron chi connectivity index (χ2n) is 5.05. The van der Waals surface area contributed by atoms with Gasteiger partial charge in [0.05, 0.1) is 5.57 Å². The number of nitrogens with zero attached hydrogens (tertiary/aromatic N) is 1. The van der Waals surface area contributed by atoms with Crippen molar-refractivity contribution in [2.24, 2.45) is 0 Å². The van der Waals surface area contributed by atoms with Crippen LogP contribution in [0.2, 0.25) is 0 Å². The quantitative estimate of drug-likeness (QED) is 0.336. The third-order valence-electron chi connectivity index (χ3n) is 2.99. The smallest absolute Gasteiger partial charge is 0.290 e. The van der Waals surface area contributed by atoms with Gasteiger partial charge in [-0.25, -0.2) is 0 Å². The first-order valence-corrected chi connectivity index (χ1v) is 8.20. The molecule has 5 heteroatoms. The summed E-state index contributed by atoms with van der Waals surface area (Å²) < 4.78 is 0. The summed E-state index contributed by atoms with van der Waals surface area (Å²) in [6.45, 7) is 17.6. The van der Waals surface area contributed by atoms with Crippen LogP contribution in [0.5, 0.6) is 0 Å². The molecule has 1 aromatic carbocycles. The van der Waals surface area contributed by atoms with Gasteiger partial charge in [0.15, 0.2) is 0 Å². The fourth-order valence-corrected chi connectivity index (χ4v) is 1.90. The molecule has 0 saturated carbocycles. The first kappa shape index (κ1) is 24.9. The SMILES string of the molecule is C=C(Cl)C(=C)C(=O)N(CCC)Cc1ccccc1C.C=CC.O=CO. The van der Waals surface area contributed by atoms with E-state index in [1.54, 1.807) is 11.0 Å². The van der Waals surface area contributed by atoms with Gasteiger partial charge in [-0.05, 0) is 31.4 Å². The fraction of sp³-hybridized carbons (Fsp3) is 0.300. The van der Waals surface area contributed by atoms with Gasteiger partial charge in [-0.2, -0.15) is 0 Å². The van der Waals surface area contributed by atoms with Crippen LogP contribution in [0, 0.1) is 6.92 Å². The molecule has 0 aliphatic rings. The lowest BCUT2D eigenvalue weighted by Crippen LogP contribution is -2.32. The summed E-state index contributed by atoms with van der Waals surface area (Å²) in [6.07, 6.45) is 2.64. The average molecular weight is 366 g/mol. The van der Waals surface area contributed by atoms with Crippen LogP contribution in [0.3, 0.4) is 0 Å². The zero-order valence-electron chi connectivity index (χ0n) is 15.3. The Labute approximate surface area is 156 Å². The molecule has 0 saturated heterocycles. The first-order valence-electron chi connectivity index (χ1n) is 7.82. The van der Waals surface area contributed by atoms with Crippen LogP contribution < -0.4 is 0 Å². The highest BCUT2D eigenvalue weighted by atomic mass is 35.5. The van der Waals surface area contributed by atoms with E-state index in [-0.39, 0.29) is 23.0 Å². The van der Waals surface area contributed by atoms with Crippen LogP contribution in [0.15, 0.2) is 60.7 Å². The molecule has 0 aliphatic heterocycles. The highest BCUT2D eigenvalue weighted by Gasteiger charge is 2.18. The molecule has 0 fully saturated rings. The van der Waals surface area contributed by atoms with Crippen molar-refractivity contribution >= 4 is 24.0 Å². The van der Waals surface area contributed by atoms with E-state index in [4.69, 9.17) is 21.5 Å². The zero-order valence-corrected chi connectivity index (χ0v) is 16.1. The summed E-state index contributed by atoms with van der Waals surface area (Å²) in [5.41, 5.74) is 2.58. The number of amides is 1. The molecule has 0 aliphatic carbocycles. The molecule has 0 aromatic heterocycles. The van der Waals surface area contributed by atoms with Gasteiger partial charge in [0.2, 0.25) is 0 Å². The van der Waals surface area contributed by atoms with E-state index >= 15 is 0 Å². The number of allylic oxidation sites excluding steroid dienone is 1. The van der Waals surface area contributed by atoms with Crippen molar-refractivity contribution in [3.05, 3.63) is 71.8 Å². The molecular formula is C20H28ClNO3. The topological polar surface area (TPSA) is 57.6 Å². The van der Waals surface area contributed by atoms with Gasteiger partial charge in [0.25, 0.3) is 12.4 Å². The number of halogens is 1. The van der Waals surface area contributed by atoms with Gasteiger partial charge in [-0.3, -0.25) is 9.59 Å². The third kappa shape index (κ3) is 11.0. The normalized spacial score (nSPS) is 8.64. The van der Waals surface area contributed by atoms with Gasteiger partial charge < -0.3 is 10.0 Å². The summed E-state index contributed by atoms with van der Waals surface area (Å²) in [5, 5.41) is 7.09. The van der Waals surface area contributed by atoms with Crippen molar-refractivity contribution in [1.82, 2.24) is 4.90 Å². The molecule has 25 heavy (non-hydrogen) atoms. The van der Waals surface area contributed by atoms with E-state index in [1.807, 2.05) is 45.0 Å². The highest BCUT2D eigenvalue weighted by molar-refractivity contribution is 6.34. The average Bonchev–Trinajstić information content (AvgIpc) is 2.56. The van der Waals surface area contributed by atoms with Gasteiger partial charge in [0.1, 0.15) is 0 Å². The predicted octanol–water partition coefficient (Wildman–Crippen LogP) is 4.94. The Morgan fingerprint density at radius 2 is 1.80 bits per heavy atom. The molecule has 138 valence electrons.